The molecule has 0 heterocycles. The van der Waals surface area contributed by atoms with Crippen molar-refractivity contribution in [3.63, 3.8) is 0 Å². The highest BCUT2D eigenvalue weighted by Crippen LogP contribution is 2.44. The Kier molecular flexibility index (Phi) is 5.28. The molecule has 128 valence electrons. The van der Waals surface area contributed by atoms with Crippen molar-refractivity contribution in [2.24, 2.45) is 5.41 Å². The zero-order chi connectivity index (χ0) is 17.0. The first kappa shape index (κ1) is 17.1. The van der Waals surface area contributed by atoms with Crippen molar-refractivity contribution in [1.29, 1.82) is 0 Å². The van der Waals surface area contributed by atoms with Crippen LogP contribution >= 0.6 is 0 Å². The van der Waals surface area contributed by atoms with E-state index >= 15 is 0 Å². The topological polar surface area (TPSA) is 26.0 Å². The standard InChI is InChI=1S/C23H31N/c1-3-5-18-6-4-7-21(16-18)20-12-14-23(2,15-13-20)17-19-8-10-22(24)11-9-19/h4,6-11,16,20H,3,5,12-15,17,24H2,1-2H3. The molecule has 0 amide bonds. The molecule has 1 nitrogen and oxygen atoms in total. The van der Waals surface area contributed by atoms with E-state index in [1.54, 1.807) is 5.56 Å². The first-order chi connectivity index (χ1) is 11.6. The van der Waals surface area contributed by atoms with Gasteiger partial charge in [-0.2, -0.15) is 0 Å². The maximum absolute atomic E-state index is 5.81. The van der Waals surface area contributed by atoms with Gasteiger partial charge < -0.3 is 5.73 Å². The Morgan fingerprint density at radius 1 is 1.00 bits per heavy atom. The number of nitrogen functional groups attached to an aromatic ring is 1. The first-order valence-electron chi connectivity index (χ1n) is 9.51. The summed E-state index contributed by atoms with van der Waals surface area (Å²) in [5.41, 5.74) is 11.6. The van der Waals surface area contributed by atoms with Crippen LogP contribution in [0.3, 0.4) is 0 Å². The first-order valence-corrected chi connectivity index (χ1v) is 9.51. The molecule has 0 aromatic heterocycles. The number of nitrogens with two attached hydrogens (primary N) is 1. The van der Waals surface area contributed by atoms with E-state index in [2.05, 4.69) is 50.2 Å². The normalized spacial score (nSPS) is 24.0. The van der Waals surface area contributed by atoms with Crippen LogP contribution in [0.1, 0.15) is 68.6 Å². The van der Waals surface area contributed by atoms with Crippen LogP contribution in [0.15, 0.2) is 48.5 Å². The van der Waals surface area contributed by atoms with Crippen molar-refractivity contribution in [1.82, 2.24) is 0 Å². The van der Waals surface area contributed by atoms with E-state index in [1.165, 1.54) is 56.1 Å². The predicted molar refractivity (Wildman–Crippen MR) is 104 cm³/mol. The molecule has 0 spiro atoms. The number of rotatable bonds is 5. The molecule has 1 fully saturated rings. The number of benzene rings is 2. The molecular formula is C23H31N. The Balaban J connectivity index is 1.62. The van der Waals surface area contributed by atoms with Gasteiger partial charge in [-0.25, -0.2) is 0 Å². The summed E-state index contributed by atoms with van der Waals surface area (Å²) in [7, 11) is 0. The number of hydrogen-bond donors (Lipinski definition) is 1. The summed E-state index contributed by atoms with van der Waals surface area (Å²) in [6.45, 7) is 4.73. The maximum Gasteiger partial charge on any atom is 0.0314 e. The monoisotopic (exact) mass is 321 g/mol. The van der Waals surface area contributed by atoms with E-state index in [-0.39, 0.29) is 0 Å². The average Bonchev–Trinajstić information content (AvgIpc) is 2.58. The highest BCUT2D eigenvalue weighted by molar-refractivity contribution is 5.39. The molecule has 0 bridgehead atoms. The van der Waals surface area contributed by atoms with Crippen LogP contribution in [-0.2, 0) is 12.8 Å². The molecule has 2 aromatic carbocycles. The third-order valence-electron chi connectivity index (χ3n) is 5.76. The van der Waals surface area contributed by atoms with Gasteiger partial charge in [-0.15, -0.1) is 0 Å². The molecule has 1 aliphatic carbocycles. The lowest BCUT2D eigenvalue weighted by molar-refractivity contribution is 0.197. The Bertz CT molecular complexity index is 648. The lowest BCUT2D eigenvalue weighted by Gasteiger charge is -2.38. The summed E-state index contributed by atoms with van der Waals surface area (Å²) in [6, 6.07) is 17.8. The molecule has 3 rings (SSSR count). The van der Waals surface area contributed by atoms with E-state index in [0.29, 0.717) is 5.41 Å². The summed E-state index contributed by atoms with van der Waals surface area (Å²) in [4.78, 5) is 0. The van der Waals surface area contributed by atoms with E-state index in [0.717, 1.165) is 11.6 Å². The van der Waals surface area contributed by atoms with Crippen molar-refractivity contribution in [2.75, 3.05) is 5.73 Å². The molecule has 2 aromatic rings. The SMILES string of the molecule is CCCc1cccc(C2CCC(C)(Cc3ccc(N)cc3)CC2)c1. The van der Waals surface area contributed by atoms with Gasteiger partial charge in [0.1, 0.15) is 0 Å². The summed E-state index contributed by atoms with van der Waals surface area (Å²) >= 11 is 0. The second-order valence-electron chi connectivity index (χ2n) is 8.00. The zero-order valence-electron chi connectivity index (χ0n) is 15.2. The number of anilines is 1. The Morgan fingerprint density at radius 2 is 1.71 bits per heavy atom. The summed E-state index contributed by atoms with van der Waals surface area (Å²) in [6.07, 6.45) is 8.89. The molecule has 1 heteroatoms. The fourth-order valence-corrected chi connectivity index (χ4v) is 4.24. The molecule has 1 saturated carbocycles. The molecule has 1 aliphatic rings. The molecule has 0 unspecified atom stereocenters. The van der Waals surface area contributed by atoms with Gasteiger partial charge in [0.25, 0.3) is 0 Å². The Morgan fingerprint density at radius 3 is 2.38 bits per heavy atom. The van der Waals surface area contributed by atoms with Crippen LogP contribution in [0.5, 0.6) is 0 Å². The summed E-state index contributed by atoms with van der Waals surface area (Å²) in [5, 5.41) is 0. The van der Waals surface area contributed by atoms with Gasteiger partial charge in [-0.1, -0.05) is 56.7 Å². The lowest BCUT2D eigenvalue weighted by atomic mass is 9.67. The van der Waals surface area contributed by atoms with E-state index < -0.39 is 0 Å². The van der Waals surface area contributed by atoms with E-state index in [4.69, 9.17) is 5.73 Å². The molecule has 0 saturated heterocycles. The van der Waals surface area contributed by atoms with Crippen molar-refractivity contribution < 1.29 is 0 Å². The summed E-state index contributed by atoms with van der Waals surface area (Å²) in [5.74, 6) is 0.751. The van der Waals surface area contributed by atoms with Gasteiger partial charge in [0.2, 0.25) is 0 Å². The fraction of sp³-hybridized carbons (Fsp3) is 0.478. The van der Waals surface area contributed by atoms with Crippen molar-refractivity contribution in [2.45, 2.75) is 64.7 Å². The van der Waals surface area contributed by atoms with Crippen molar-refractivity contribution >= 4 is 5.69 Å². The minimum atomic E-state index is 0.438. The smallest absolute Gasteiger partial charge is 0.0314 e. The largest absolute Gasteiger partial charge is 0.399 e. The highest BCUT2D eigenvalue weighted by atomic mass is 14.5. The molecular weight excluding hydrogens is 290 g/mol. The van der Waals surface area contributed by atoms with Crippen LogP contribution in [-0.4, -0.2) is 0 Å². The molecule has 0 atom stereocenters. The predicted octanol–water partition coefficient (Wildman–Crippen LogP) is 6.13. The number of aryl methyl sites for hydroxylation is 1. The molecule has 2 N–H and O–H groups in total. The van der Waals surface area contributed by atoms with Crippen molar-refractivity contribution in [3.05, 3.63) is 65.2 Å². The third-order valence-corrected chi connectivity index (χ3v) is 5.76. The van der Waals surface area contributed by atoms with Gasteiger partial charge in [0, 0.05) is 5.69 Å². The van der Waals surface area contributed by atoms with Gasteiger partial charge in [0.15, 0.2) is 0 Å². The minimum absolute atomic E-state index is 0.438. The second kappa shape index (κ2) is 7.42. The van der Waals surface area contributed by atoms with Crippen molar-refractivity contribution in [3.8, 4) is 0 Å². The van der Waals surface area contributed by atoms with Gasteiger partial charge in [0.05, 0.1) is 0 Å². The van der Waals surface area contributed by atoms with E-state index in [9.17, 15) is 0 Å². The quantitative estimate of drug-likeness (QED) is 0.659. The van der Waals surface area contributed by atoms with Crippen LogP contribution < -0.4 is 5.73 Å². The zero-order valence-corrected chi connectivity index (χ0v) is 15.2. The Labute approximate surface area is 147 Å². The minimum Gasteiger partial charge on any atom is -0.399 e. The molecule has 0 aliphatic heterocycles. The van der Waals surface area contributed by atoms with Crippen LogP contribution in [0, 0.1) is 5.41 Å². The van der Waals surface area contributed by atoms with Gasteiger partial charge in [-0.05, 0) is 78.7 Å². The number of hydrogen-bond acceptors (Lipinski definition) is 1. The molecule has 0 radical (unpaired) electrons. The average molecular weight is 322 g/mol. The third kappa shape index (κ3) is 4.20. The second-order valence-corrected chi connectivity index (χ2v) is 8.00. The van der Waals surface area contributed by atoms with E-state index in [1.807, 2.05) is 12.1 Å². The van der Waals surface area contributed by atoms with Crippen LogP contribution in [0.2, 0.25) is 0 Å². The summed E-state index contributed by atoms with van der Waals surface area (Å²) < 4.78 is 0. The fourth-order valence-electron chi connectivity index (χ4n) is 4.24. The lowest BCUT2D eigenvalue weighted by Crippen LogP contribution is -2.26. The maximum atomic E-state index is 5.81. The van der Waals surface area contributed by atoms with Gasteiger partial charge >= 0.3 is 0 Å². The van der Waals surface area contributed by atoms with Crippen LogP contribution in [0.4, 0.5) is 5.69 Å². The van der Waals surface area contributed by atoms with Crippen LogP contribution in [0.25, 0.3) is 0 Å². The Hall–Kier alpha value is -1.76. The molecule has 24 heavy (non-hydrogen) atoms. The highest BCUT2D eigenvalue weighted by Gasteiger charge is 2.31. The van der Waals surface area contributed by atoms with Gasteiger partial charge in [-0.3, -0.25) is 0 Å².